The summed E-state index contributed by atoms with van der Waals surface area (Å²) in [6, 6.07) is 4.14. The second kappa shape index (κ2) is 6.66. The summed E-state index contributed by atoms with van der Waals surface area (Å²) in [6.45, 7) is 3.22. The number of carbonyl (C=O) groups excluding carboxylic acids is 1. The van der Waals surface area contributed by atoms with Crippen molar-refractivity contribution in [3.63, 3.8) is 0 Å². The summed E-state index contributed by atoms with van der Waals surface area (Å²) < 4.78 is 0. The van der Waals surface area contributed by atoms with E-state index < -0.39 is 0 Å². The van der Waals surface area contributed by atoms with Crippen molar-refractivity contribution in [2.24, 2.45) is 11.7 Å². The van der Waals surface area contributed by atoms with Crippen LogP contribution in [-0.4, -0.2) is 30.9 Å². The Labute approximate surface area is 101 Å². The van der Waals surface area contributed by atoms with Crippen LogP contribution in [0.15, 0.2) is 17.5 Å². The Bertz CT molecular complexity index is 307. The lowest BCUT2D eigenvalue weighted by atomic mass is 10.1. The molecule has 0 aromatic carbocycles. The zero-order chi connectivity index (χ0) is 12.0. The molecule has 0 bridgehead atoms. The van der Waals surface area contributed by atoms with Gasteiger partial charge in [-0.05, 0) is 24.3 Å². The fraction of sp³-hybridized carbons (Fsp3) is 0.583. The van der Waals surface area contributed by atoms with Crippen molar-refractivity contribution >= 4 is 17.2 Å². The van der Waals surface area contributed by atoms with Gasteiger partial charge >= 0.3 is 0 Å². The van der Waals surface area contributed by atoms with E-state index in [0.29, 0.717) is 6.54 Å². The van der Waals surface area contributed by atoms with Crippen LogP contribution in [0.3, 0.4) is 0 Å². The Morgan fingerprint density at radius 3 is 2.88 bits per heavy atom. The molecule has 0 saturated carbocycles. The van der Waals surface area contributed by atoms with Gasteiger partial charge in [-0.2, -0.15) is 0 Å². The second-order valence-electron chi connectivity index (χ2n) is 3.93. The van der Waals surface area contributed by atoms with Crippen molar-refractivity contribution in [3.8, 4) is 0 Å². The van der Waals surface area contributed by atoms with Gasteiger partial charge in [0.2, 0.25) is 5.91 Å². The van der Waals surface area contributed by atoms with Gasteiger partial charge in [0.25, 0.3) is 0 Å². The third-order valence-corrected chi connectivity index (χ3v) is 3.71. The van der Waals surface area contributed by atoms with Crippen molar-refractivity contribution in [2.75, 3.05) is 20.1 Å². The standard InChI is InChI=1S/C12H20N2OS/c1-3-10(9-13)12(15)14(2)7-6-11-5-4-8-16-11/h4-5,8,10H,3,6-7,9,13H2,1-2H3. The van der Waals surface area contributed by atoms with E-state index in [-0.39, 0.29) is 11.8 Å². The lowest BCUT2D eigenvalue weighted by Gasteiger charge is -2.21. The lowest BCUT2D eigenvalue weighted by Crippen LogP contribution is -2.37. The minimum absolute atomic E-state index is 0.0201. The Balaban J connectivity index is 2.39. The molecule has 0 aliphatic rings. The molecule has 1 rings (SSSR count). The van der Waals surface area contributed by atoms with Crippen LogP contribution < -0.4 is 5.73 Å². The summed E-state index contributed by atoms with van der Waals surface area (Å²) in [5.74, 6) is 0.148. The fourth-order valence-corrected chi connectivity index (χ4v) is 2.29. The van der Waals surface area contributed by atoms with Crippen LogP contribution in [0.5, 0.6) is 0 Å². The summed E-state index contributed by atoms with van der Waals surface area (Å²) >= 11 is 1.73. The smallest absolute Gasteiger partial charge is 0.226 e. The molecule has 1 unspecified atom stereocenters. The van der Waals surface area contributed by atoms with Crippen molar-refractivity contribution in [3.05, 3.63) is 22.4 Å². The van der Waals surface area contributed by atoms with Crippen molar-refractivity contribution < 1.29 is 4.79 Å². The molecule has 1 atom stereocenters. The Kier molecular flexibility index (Phi) is 5.49. The van der Waals surface area contributed by atoms with Crippen LogP contribution in [0.25, 0.3) is 0 Å². The van der Waals surface area contributed by atoms with Gasteiger partial charge in [-0.1, -0.05) is 13.0 Å². The molecule has 1 amide bonds. The summed E-state index contributed by atoms with van der Waals surface area (Å²) in [5.41, 5.74) is 5.57. The molecule has 90 valence electrons. The molecule has 1 aromatic heterocycles. The van der Waals surface area contributed by atoms with Crippen LogP contribution in [0.4, 0.5) is 0 Å². The molecule has 0 radical (unpaired) electrons. The number of nitrogens with zero attached hydrogens (tertiary/aromatic N) is 1. The van der Waals surface area contributed by atoms with Gasteiger partial charge in [0.15, 0.2) is 0 Å². The second-order valence-corrected chi connectivity index (χ2v) is 4.96. The van der Waals surface area contributed by atoms with Gasteiger partial charge in [-0.3, -0.25) is 4.79 Å². The largest absolute Gasteiger partial charge is 0.345 e. The molecule has 0 aliphatic heterocycles. The van der Waals surface area contributed by atoms with Crippen LogP contribution in [0, 0.1) is 5.92 Å². The van der Waals surface area contributed by atoms with Gasteiger partial charge in [0, 0.05) is 25.0 Å². The van der Waals surface area contributed by atoms with Crippen molar-refractivity contribution in [1.29, 1.82) is 0 Å². The number of nitrogens with two attached hydrogens (primary N) is 1. The van der Waals surface area contributed by atoms with Crippen LogP contribution in [-0.2, 0) is 11.2 Å². The zero-order valence-corrected chi connectivity index (χ0v) is 10.8. The summed E-state index contributed by atoms with van der Waals surface area (Å²) in [4.78, 5) is 15.0. The molecular weight excluding hydrogens is 220 g/mol. The maximum Gasteiger partial charge on any atom is 0.226 e. The van der Waals surface area contributed by atoms with Gasteiger partial charge in [-0.25, -0.2) is 0 Å². The Hall–Kier alpha value is -0.870. The first kappa shape index (κ1) is 13.2. The lowest BCUT2D eigenvalue weighted by molar-refractivity contribution is -0.133. The molecule has 0 spiro atoms. The first-order chi connectivity index (χ1) is 7.69. The van der Waals surface area contributed by atoms with Crippen molar-refractivity contribution in [1.82, 2.24) is 4.90 Å². The van der Waals surface area contributed by atoms with Gasteiger partial charge in [0.1, 0.15) is 0 Å². The molecular formula is C12H20N2OS. The van der Waals surface area contributed by atoms with E-state index >= 15 is 0 Å². The monoisotopic (exact) mass is 240 g/mol. The quantitative estimate of drug-likeness (QED) is 0.823. The highest BCUT2D eigenvalue weighted by Crippen LogP contribution is 2.11. The van der Waals surface area contributed by atoms with E-state index in [9.17, 15) is 4.79 Å². The third kappa shape index (κ3) is 3.61. The SMILES string of the molecule is CCC(CN)C(=O)N(C)CCc1cccs1. The topological polar surface area (TPSA) is 46.3 Å². The van der Waals surface area contributed by atoms with E-state index in [1.165, 1.54) is 4.88 Å². The molecule has 0 fully saturated rings. The Morgan fingerprint density at radius 2 is 2.38 bits per heavy atom. The number of hydrogen-bond acceptors (Lipinski definition) is 3. The number of amides is 1. The van der Waals surface area contributed by atoms with Crippen LogP contribution >= 0.6 is 11.3 Å². The van der Waals surface area contributed by atoms with Gasteiger partial charge < -0.3 is 10.6 Å². The summed E-state index contributed by atoms with van der Waals surface area (Å²) in [5, 5.41) is 2.06. The zero-order valence-electron chi connectivity index (χ0n) is 9.98. The molecule has 3 nitrogen and oxygen atoms in total. The number of thiophene rings is 1. The maximum absolute atomic E-state index is 11.9. The minimum Gasteiger partial charge on any atom is -0.345 e. The molecule has 4 heteroatoms. The highest BCUT2D eigenvalue weighted by molar-refractivity contribution is 7.09. The number of rotatable bonds is 6. The molecule has 16 heavy (non-hydrogen) atoms. The van der Waals surface area contributed by atoms with E-state index in [0.717, 1.165) is 19.4 Å². The normalized spacial score (nSPS) is 12.4. The first-order valence-electron chi connectivity index (χ1n) is 5.66. The van der Waals surface area contributed by atoms with E-state index in [1.807, 2.05) is 20.0 Å². The molecule has 1 heterocycles. The average Bonchev–Trinajstić information content (AvgIpc) is 2.80. The van der Waals surface area contributed by atoms with E-state index in [1.54, 1.807) is 16.2 Å². The molecule has 0 aliphatic carbocycles. The number of likely N-dealkylation sites (N-methyl/N-ethyl adjacent to an activating group) is 1. The summed E-state index contributed by atoms with van der Waals surface area (Å²) in [6.07, 6.45) is 1.75. The third-order valence-electron chi connectivity index (χ3n) is 2.78. The Morgan fingerprint density at radius 1 is 1.62 bits per heavy atom. The molecule has 1 aromatic rings. The van der Waals surface area contributed by atoms with Gasteiger partial charge in [-0.15, -0.1) is 11.3 Å². The predicted molar refractivity (Wildman–Crippen MR) is 68.5 cm³/mol. The molecule has 2 N–H and O–H groups in total. The van der Waals surface area contributed by atoms with Crippen LogP contribution in [0.2, 0.25) is 0 Å². The fourth-order valence-electron chi connectivity index (χ4n) is 1.60. The minimum atomic E-state index is -0.0201. The van der Waals surface area contributed by atoms with E-state index in [2.05, 4.69) is 11.4 Å². The highest BCUT2D eigenvalue weighted by atomic mass is 32.1. The number of hydrogen-bond donors (Lipinski definition) is 1. The van der Waals surface area contributed by atoms with Gasteiger partial charge in [0.05, 0.1) is 5.92 Å². The predicted octanol–water partition coefficient (Wildman–Crippen LogP) is 1.73. The number of carbonyl (C=O) groups is 1. The highest BCUT2D eigenvalue weighted by Gasteiger charge is 2.18. The van der Waals surface area contributed by atoms with Crippen molar-refractivity contribution in [2.45, 2.75) is 19.8 Å². The van der Waals surface area contributed by atoms with E-state index in [4.69, 9.17) is 5.73 Å². The maximum atomic E-state index is 11.9. The average molecular weight is 240 g/mol. The molecule has 0 saturated heterocycles. The first-order valence-corrected chi connectivity index (χ1v) is 6.54. The summed E-state index contributed by atoms with van der Waals surface area (Å²) in [7, 11) is 1.86. The van der Waals surface area contributed by atoms with Crippen LogP contribution in [0.1, 0.15) is 18.2 Å².